The summed E-state index contributed by atoms with van der Waals surface area (Å²) in [5, 5.41) is 4.39. The molecular weight excluding hydrogens is 186 g/mol. The van der Waals surface area contributed by atoms with Crippen molar-refractivity contribution in [3.05, 3.63) is 41.1 Å². The Balaban J connectivity index is 2.68. The molecular formula is C12H15N3. The monoisotopic (exact) mass is 201 g/mol. The van der Waals surface area contributed by atoms with Crippen LogP contribution in [0.1, 0.15) is 16.8 Å². The normalized spacial score (nSPS) is 10.6. The second kappa shape index (κ2) is 3.42. The van der Waals surface area contributed by atoms with Crippen molar-refractivity contribution >= 4 is 5.82 Å². The van der Waals surface area contributed by atoms with Gasteiger partial charge in [0.05, 0.1) is 11.4 Å². The second-order valence-electron chi connectivity index (χ2n) is 3.86. The lowest BCUT2D eigenvalue weighted by atomic mass is 10.1. The molecule has 0 unspecified atom stereocenters. The highest BCUT2D eigenvalue weighted by atomic mass is 15.3. The lowest BCUT2D eigenvalue weighted by Gasteiger charge is -2.10. The lowest BCUT2D eigenvalue weighted by molar-refractivity contribution is 0.858. The Morgan fingerprint density at radius 1 is 1.13 bits per heavy atom. The molecule has 78 valence electrons. The van der Waals surface area contributed by atoms with Gasteiger partial charge in [-0.3, -0.25) is 0 Å². The third kappa shape index (κ3) is 1.61. The van der Waals surface area contributed by atoms with Gasteiger partial charge in [0, 0.05) is 6.07 Å². The summed E-state index contributed by atoms with van der Waals surface area (Å²) in [7, 11) is 0. The van der Waals surface area contributed by atoms with Gasteiger partial charge >= 0.3 is 0 Å². The number of nitrogen functional groups attached to an aromatic ring is 1. The molecule has 15 heavy (non-hydrogen) atoms. The van der Waals surface area contributed by atoms with E-state index in [-0.39, 0.29) is 0 Å². The molecule has 0 amide bonds. The zero-order valence-corrected chi connectivity index (χ0v) is 9.28. The first kappa shape index (κ1) is 9.77. The molecule has 0 aliphatic rings. The van der Waals surface area contributed by atoms with E-state index in [0.717, 1.165) is 11.4 Å². The standard InChI is InChI=1S/C12H15N3/c1-8-5-4-6-9(2)12(8)15-11(13)7-10(3)14-15/h4-7H,13H2,1-3H3. The number of rotatable bonds is 1. The Bertz CT molecular complexity index is 477. The quantitative estimate of drug-likeness (QED) is 0.769. The Kier molecular flexibility index (Phi) is 2.23. The van der Waals surface area contributed by atoms with E-state index in [9.17, 15) is 0 Å². The van der Waals surface area contributed by atoms with E-state index in [1.54, 1.807) is 4.68 Å². The maximum Gasteiger partial charge on any atom is 0.127 e. The average molecular weight is 201 g/mol. The van der Waals surface area contributed by atoms with Gasteiger partial charge in [-0.1, -0.05) is 18.2 Å². The van der Waals surface area contributed by atoms with Crippen molar-refractivity contribution in [1.82, 2.24) is 9.78 Å². The molecule has 0 aliphatic carbocycles. The Morgan fingerprint density at radius 3 is 2.20 bits per heavy atom. The van der Waals surface area contributed by atoms with Crippen molar-refractivity contribution in [2.24, 2.45) is 0 Å². The van der Waals surface area contributed by atoms with E-state index in [0.29, 0.717) is 5.82 Å². The SMILES string of the molecule is Cc1cc(N)n(-c2c(C)cccc2C)n1. The summed E-state index contributed by atoms with van der Waals surface area (Å²) in [5.74, 6) is 0.685. The van der Waals surface area contributed by atoms with Crippen molar-refractivity contribution < 1.29 is 0 Å². The number of nitrogens with two attached hydrogens (primary N) is 1. The van der Waals surface area contributed by atoms with E-state index < -0.39 is 0 Å². The predicted octanol–water partition coefficient (Wildman–Crippen LogP) is 2.38. The van der Waals surface area contributed by atoms with Crippen LogP contribution in [0.4, 0.5) is 5.82 Å². The molecule has 1 aromatic heterocycles. The Hall–Kier alpha value is -1.77. The van der Waals surface area contributed by atoms with Crippen LogP contribution in [0, 0.1) is 20.8 Å². The molecule has 0 saturated heterocycles. The molecule has 0 fully saturated rings. The largest absolute Gasteiger partial charge is 0.384 e. The number of benzene rings is 1. The first-order valence-corrected chi connectivity index (χ1v) is 4.98. The van der Waals surface area contributed by atoms with E-state index in [2.05, 4.69) is 31.1 Å². The Morgan fingerprint density at radius 2 is 1.73 bits per heavy atom. The van der Waals surface area contributed by atoms with Crippen LogP contribution in [0.3, 0.4) is 0 Å². The van der Waals surface area contributed by atoms with Crippen LogP contribution in [0.15, 0.2) is 24.3 Å². The highest BCUT2D eigenvalue weighted by Crippen LogP contribution is 2.21. The molecule has 0 bridgehead atoms. The average Bonchev–Trinajstić information content (AvgIpc) is 2.45. The molecule has 0 aliphatic heterocycles. The molecule has 0 spiro atoms. The first-order valence-electron chi connectivity index (χ1n) is 4.98. The number of para-hydroxylation sites is 1. The lowest BCUT2D eigenvalue weighted by Crippen LogP contribution is -2.05. The van der Waals surface area contributed by atoms with Gasteiger partial charge in [0.2, 0.25) is 0 Å². The zero-order valence-electron chi connectivity index (χ0n) is 9.28. The van der Waals surface area contributed by atoms with E-state index in [4.69, 9.17) is 5.73 Å². The van der Waals surface area contributed by atoms with Crippen LogP contribution in [0.5, 0.6) is 0 Å². The fraction of sp³-hybridized carbons (Fsp3) is 0.250. The summed E-state index contributed by atoms with van der Waals surface area (Å²) in [4.78, 5) is 0. The van der Waals surface area contributed by atoms with E-state index in [1.165, 1.54) is 11.1 Å². The second-order valence-corrected chi connectivity index (χ2v) is 3.86. The minimum atomic E-state index is 0.685. The van der Waals surface area contributed by atoms with Crippen molar-refractivity contribution in [1.29, 1.82) is 0 Å². The summed E-state index contributed by atoms with van der Waals surface area (Å²) in [6.07, 6.45) is 0. The van der Waals surface area contributed by atoms with Crippen molar-refractivity contribution in [3.63, 3.8) is 0 Å². The number of nitrogens with zero attached hydrogens (tertiary/aromatic N) is 2. The summed E-state index contributed by atoms with van der Waals surface area (Å²) >= 11 is 0. The van der Waals surface area contributed by atoms with Gasteiger partial charge in [0.1, 0.15) is 5.82 Å². The van der Waals surface area contributed by atoms with Crippen LogP contribution < -0.4 is 5.73 Å². The van der Waals surface area contributed by atoms with Crippen LogP contribution in [-0.2, 0) is 0 Å². The fourth-order valence-electron chi connectivity index (χ4n) is 1.84. The smallest absolute Gasteiger partial charge is 0.127 e. The molecule has 1 aromatic carbocycles. The molecule has 0 saturated carbocycles. The molecule has 2 aromatic rings. The minimum absolute atomic E-state index is 0.685. The van der Waals surface area contributed by atoms with Crippen molar-refractivity contribution in [2.45, 2.75) is 20.8 Å². The highest BCUT2D eigenvalue weighted by Gasteiger charge is 2.09. The molecule has 0 atom stereocenters. The molecule has 1 heterocycles. The predicted molar refractivity (Wildman–Crippen MR) is 62.2 cm³/mol. The van der Waals surface area contributed by atoms with Gasteiger partial charge in [0.15, 0.2) is 0 Å². The highest BCUT2D eigenvalue weighted by molar-refractivity contribution is 5.51. The number of hydrogen-bond acceptors (Lipinski definition) is 2. The van der Waals surface area contributed by atoms with Crippen molar-refractivity contribution in [2.75, 3.05) is 5.73 Å². The number of hydrogen-bond donors (Lipinski definition) is 1. The van der Waals surface area contributed by atoms with Gasteiger partial charge < -0.3 is 5.73 Å². The molecule has 2 rings (SSSR count). The summed E-state index contributed by atoms with van der Waals surface area (Å²) < 4.78 is 1.81. The fourth-order valence-corrected chi connectivity index (χ4v) is 1.84. The van der Waals surface area contributed by atoms with Crippen LogP contribution >= 0.6 is 0 Å². The first-order chi connectivity index (χ1) is 7.09. The summed E-state index contributed by atoms with van der Waals surface area (Å²) in [5.41, 5.74) is 10.3. The third-order valence-corrected chi connectivity index (χ3v) is 2.51. The molecule has 0 radical (unpaired) electrons. The van der Waals surface area contributed by atoms with Crippen LogP contribution in [0.25, 0.3) is 5.69 Å². The molecule has 3 nitrogen and oxygen atoms in total. The number of anilines is 1. The third-order valence-electron chi connectivity index (χ3n) is 2.51. The molecule has 3 heteroatoms. The van der Waals surface area contributed by atoms with Gasteiger partial charge in [-0.25, -0.2) is 4.68 Å². The summed E-state index contributed by atoms with van der Waals surface area (Å²) in [6.45, 7) is 6.08. The van der Waals surface area contributed by atoms with Crippen LogP contribution in [-0.4, -0.2) is 9.78 Å². The van der Waals surface area contributed by atoms with E-state index >= 15 is 0 Å². The number of aryl methyl sites for hydroxylation is 3. The van der Waals surface area contributed by atoms with Gasteiger partial charge in [-0.15, -0.1) is 0 Å². The van der Waals surface area contributed by atoms with Gasteiger partial charge in [-0.05, 0) is 31.9 Å². The molecule has 2 N–H and O–H groups in total. The maximum absolute atomic E-state index is 5.91. The van der Waals surface area contributed by atoms with Gasteiger partial charge in [-0.2, -0.15) is 5.10 Å². The van der Waals surface area contributed by atoms with Crippen molar-refractivity contribution in [3.8, 4) is 5.69 Å². The van der Waals surface area contributed by atoms with E-state index in [1.807, 2.05) is 19.1 Å². The summed E-state index contributed by atoms with van der Waals surface area (Å²) in [6, 6.07) is 8.06. The number of aromatic nitrogens is 2. The Labute approximate surface area is 89.5 Å². The zero-order chi connectivity index (χ0) is 11.0. The van der Waals surface area contributed by atoms with Gasteiger partial charge in [0.25, 0.3) is 0 Å². The minimum Gasteiger partial charge on any atom is -0.384 e. The van der Waals surface area contributed by atoms with Crippen LogP contribution in [0.2, 0.25) is 0 Å². The topological polar surface area (TPSA) is 43.8 Å². The maximum atomic E-state index is 5.91.